The van der Waals surface area contributed by atoms with Crippen LogP contribution < -0.4 is 15.4 Å². The number of benzene rings is 2. The molecule has 1 aromatic heterocycles. The van der Waals surface area contributed by atoms with E-state index in [9.17, 15) is 9.59 Å². The summed E-state index contributed by atoms with van der Waals surface area (Å²) in [5, 5.41) is 10.2. The number of aromatic nitrogens is 2. The van der Waals surface area contributed by atoms with E-state index in [0.717, 1.165) is 16.8 Å². The fourth-order valence-corrected chi connectivity index (χ4v) is 3.40. The smallest absolute Gasteiger partial charge is 0.251 e. The summed E-state index contributed by atoms with van der Waals surface area (Å²) in [6.07, 6.45) is 0.000211. The third-order valence-electron chi connectivity index (χ3n) is 4.74. The maximum absolute atomic E-state index is 12.5. The van der Waals surface area contributed by atoms with E-state index < -0.39 is 6.04 Å². The number of ether oxygens (including phenoxy) is 1. The van der Waals surface area contributed by atoms with Gasteiger partial charge in [-0.1, -0.05) is 30.3 Å². The van der Waals surface area contributed by atoms with Crippen molar-refractivity contribution in [2.45, 2.75) is 19.4 Å². The lowest BCUT2D eigenvalue weighted by atomic mass is 10.1. The van der Waals surface area contributed by atoms with E-state index in [0.29, 0.717) is 17.3 Å². The minimum atomic E-state index is -0.676. The van der Waals surface area contributed by atoms with E-state index in [1.165, 1.54) is 0 Å². The molecule has 28 heavy (non-hydrogen) atoms. The average molecular weight is 376 g/mol. The lowest BCUT2D eigenvalue weighted by molar-refractivity contribution is -0.123. The summed E-state index contributed by atoms with van der Waals surface area (Å²) in [6, 6.07) is 16.1. The Bertz CT molecular complexity index is 1030. The van der Waals surface area contributed by atoms with Gasteiger partial charge in [0.15, 0.2) is 0 Å². The second-order valence-electron chi connectivity index (χ2n) is 6.61. The molecule has 0 radical (unpaired) electrons. The van der Waals surface area contributed by atoms with Crippen LogP contribution in [-0.2, 0) is 9.59 Å². The first-order valence-electron chi connectivity index (χ1n) is 8.96. The van der Waals surface area contributed by atoms with Crippen molar-refractivity contribution < 1.29 is 14.3 Å². The largest absolute Gasteiger partial charge is 0.497 e. The number of methoxy groups -OCH3 is 1. The van der Waals surface area contributed by atoms with Gasteiger partial charge in [0.1, 0.15) is 17.6 Å². The van der Waals surface area contributed by atoms with E-state index in [1.807, 2.05) is 37.3 Å². The third-order valence-corrected chi connectivity index (χ3v) is 4.74. The Morgan fingerprint density at radius 2 is 1.89 bits per heavy atom. The van der Waals surface area contributed by atoms with Crippen molar-refractivity contribution in [2.24, 2.45) is 0 Å². The minimum absolute atomic E-state index is 0.000211. The van der Waals surface area contributed by atoms with Crippen molar-refractivity contribution >= 4 is 23.3 Å². The second-order valence-corrected chi connectivity index (χ2v) is 6.61. The highest BCUT2D eigenvalue weighted by molar-refractivity contribution is 6.04. The van der Waals surface area contributed by atoms with Gasteiger partial charge in [0.2, 0.25) is 5.91 Å². The van der Waals surface area contributed by atoms with Gasteiger partial charge in [-0.3, -0.25) is 9.59 Å². The van der Waals surface area contributed by atoms with Gasteiger partial charge >= 0.3 is 0 Å². The number of amides is 2. The van der Waals surface area contributed by atoms with E-state index in [1.54, 1.807) is 36.1 Å². The van der Waals surface area contributed by atoms with Crippen LogP contribution in [0.2, 0.25) is 0 Å². The molecule has 2 N–H and O–H groups in total. The zero-order chi connectivity index (χ0) is 19.7. The van der Waals surface area contributed by atoms with Gasteiger partial charge in [-0.15, -0.1) is 0 Å². The number of aryl methyl sites for hydroxylation is 1. The summed E-state index contributed by atoms with van der Waals surface area (Å²) in [7, 11) is 1.58. The highest BCUT2D eigenvalue weighted by atomic mass is 16.5. The third kappa shape index (κ3) is 3.22. The van der Waals surface area contributed by atoms with Crippen LogP contribution in [0.5, 0.6) is 5.75 Å². The highest BCUT2D eigenvalue weighted by Crippen LogP contribution is 2.38. The molecule has 2 heterocycles. The molecule has 2 aromatic carbocycles. The Hall–Kier alpha value is -3.61. The molecule has 0 fully saturated rings. The summed E-state index contributed by atoms with van der Waals surface area (Å²) in [6.45, 7) is 1.90. The molecular formula is C21H20N4O3. The summed E-state index contributed by atoms with van der Waals surface area (Å²) in [5.41, 5.74) is 3.31. The van der Waals surface area contributed by atoms with Crippen LogP contribution >= 0.6 is 0 Å². The van der Waals surface area contributed by atoms with Gasteiger partial charge < -0.3 is 15.4 Å². The van der Waals surface area contributed by atoms with Gasteiger partial charge in [-0.2, -0.15) is 5.10 Å². The van der Waals surface area contributed by atoms with Crippen LogP contribution in [0.15, 0.2) is 54.6 Å². The minimum Gasteiger partial charge on any atom is -0.497 e. The number of rotatable bonds is 5. The number of nitrogens with zero attached hydrogens (tertiary/aromatic N) is 2. The Morgan fingerprint density at radius 3 is 2.57 bits per heavy atom. The van der Waals surface area contributed by atoms with Crippen molar-refractivity contribution in [3.63, 3.8) is 0 Å². The Morgan fingerprint density at radius 1 is 1.18 bits per heavy atom. The number of anilines is 2. The standard InChI is InChI=1S/C21H20N4O3/c1-13-19(14-6-4-3-5-7-14)20-23-21(27)17(25(20)24-13)12-18(26)22-15-8-10-16(28-2)11-9-15/h3-11,17H,12H2,1-2H3,(H,22,26)(H,23,27). The van der Waals surface area contributed by atoms with Crippen molar-refractivity contribution in [1.29, 1.82) is 0 Å². The average Bonchev–Trinajstić information content (AvgIpc) is 3.17. The molecular weight excluding hydrogens is 356 g/mol. The van der Waals surface area contributed by atoms with Gasteiger partial charge in [0, 0.05) is 11.3 Å². The second kappa shape index (κ2) is 7.19. The fraction of sp³-hybridized carbons (Fsp3) is 0.190. The van der Waals surface area contributed by atoms with Crippen LogP contribution in [0.3, 0.4) is 0 Å². The Balaban J connectivity index is 1.54. The Labute approximate surface area is 162 Å². The van der Waals surface area contributed by atoms with E-state index in [4.69, 9.17) is 4.74 Å². The molecule has 0 saturated carbocycles. The van der Waals surface area contributed by atoms with E-state index in [-0.39, 0.29) is 18.2 Å². The molecule has 0 aliphatic carbocycles. The molecule has 0 spiro atoms. The first-order valence-corrected chi connectivity index (χ1v) is 8.96. The van der Waals surface area contributed by atoms with Crippen LogP contribution in [-0.4, -0.2) is 28.7 Å². The molecule has 1 aliphatic rings. The van der Waals surface area contributed by atoms with Gasteiger partial charge in [-0.05, 0) is 36.8 Å². The molecule has 2 amide bonds. The van der Waals surface area contributed by atoms with Crippen LogP contribution in [0.25, 0.3) is 11.1 Å². The molecule has 1 aliphatic heterocycles. The quantitative estimate of drug-likeness (QED) is 0.715. The van der Waals surface area contributed by atoms with Crippen LogP contribution in [0, 0.1) is 6.92 Å². The van der Waals surface area contributed by atoms with Crippen molar-refractivity contribution in [3.8, 4) is 16.9 Å². The summed E-state index contributed by atoms with van der Waals surface area (Å²) in [5.74, 6) is 0.853. The zero-order valence-electron chi connectivity index (χ0n) is 15.6. The maximum Gasteiger partial charge on any atom is 0.251 e. The predicted octanol–water partition coefficient (Wildman–Crippen LogP) is 3.39. The van der Waals surface area contributed by atoms with Crippen LogP contribution in [0.1, 0.15) is 18.2 Å². The number of carbonyl (C=O) groups excluding carboxylic acids is 2. The number of fused-ring (bicyclic) bond motifs is 1. The number of hydrogen-bond donors (Lipinski definition) is 2. The first kappa shape index (κ1) is 17.8. The van der Waals surface area contributed by atoms with Gasteiger partial charge in [-0.25, -0.2) is 4.68 Å². The fourth-order valence-electron chi connectivity index (χ4n) is 3.40. The molecule has 1 atom stereocenters. The number of hydrogen-bond acceptors (Lipinski definition) is 4. The molecule has 7 nitrogen and oxygen atoms in total. The SMILES string of the molecule is COc1ccc(NC(=O)CC2C(=O)Nc3c(-c4ccccc4)c(C)nn32)cc1. The highest BCUT2D eigenvalue weighted by Gasteiger charge is 2.36. The van der Waals surface area contributed by atoms with Crippen molar-refractivity contribution in [2.75, 3.05) is 17.7 Å². The van der Waals surface area contributed by atoms with Gasteiger partial charge in [0.05, 0.1) is 19.2 Å². The van der Waals surface area contributed by atoms with E-state index >= 15 is 0 Å². The lowest BCUT2D eigenvalue weighted by Crippen LogP contribution is -2.23. The number of carbonyl (C=O) groups is 2. The monoisotopic (exact) mass is 376 g/mol. The molecule has 0 saturated heterocycles. The summed E-state index contributed by atoms with van der Waals surface area (Å²) in [4.78, 5) is 25.0. The molecule has 3 aromatic rings. The molecule has 7 heteroatoms. The molecule has 142 valence electrons. The topological polar surface area (TPSA) is 85.2 Å². The molecule has 4 rings (SSSR count). The molecule has 0 bridgehead atoms. The summed E-state index contributed by atoms with van der Waals surface area (Å²) >= 11 is 0. The zero-order valence-corrected chi connectivity index (χ0v) is 15.6. The lowest BCUT2D eigenvalue weighted by Gasteiger charge is -2.10. The molecule has 1 unspecified atom stereocenters. The van der Waals surface area contributed by atoms with E-state index in [2.05, 4.69) is 15.7 Å². The van der Waals surface area contributed by atoms with Gasteiger partial charge in [0.25, 0.3) is 5.91 Å². The van der Waals surface area contributed by atoms with Crippen molar-refractivity contribution in [1.82, 2.24) is 9.78 Å². The first-order chi connectivity index (χ1) is 13.6. The Kier molecular flexibility index (Phi) is 4.57. The normalized spacial score (nSPS) is 15.1. The van der Waals surface area contributed by atoms with Crippen LogP contribution in [0.4, 0.5) is 11.5 Å². The summed E-state index contributed by atoms with van der Waals surface area (Å²) < 4.78 is 6.73. The van der Waals surface area contributed by atoms with Crippen molar-refractivity contribution in [3.05, 3.63) is 60.3 Å². The number of nitrogens with one attached hydrogen (secondary N) is 2. The predicted molar refractivity (Wildman–Crippen MR) is 106 cm³/mol. The maximum atomic E-state index is 12.5.